The van der Waals surface area contributed by atoms with Gasteiger partial charge in [0.2, 0.25) is 11.8 Å². The van der Waals surface area contributed by atoms with Crippen LogP contribution >= 0.6 is 0 Å². The Bertz CT molecular complexity index is 1690. The van der Waals surface area contributed by atoms with Crippen LogP contribution in [-0.4, -0.2) is 182 Å². The molecule has 2 aliphatic carbocycles. The molecule has 22 heteroatoms. The van der Waals surface area contributed by atoms with Gasteiger partial charge in [0, 0.05) is 63.6 Å². The SMILES string of the molecule is CCOC(=O)NCCO[C@H]1CCCN([C@@H]2C=C(C(=O)O)C[C@H](N)[C@H]2NC(C)=O)C1.CCOC(=O)NCCO[C@H]1CCCN([C@@H]2C=C(C(=O)O)C[C@H](NC(=O)OC(C)(C)C)[C@H]2NC(C)=O)C1. The van der Waals surface area contributed by atoms with E-state index >= 15 is 0 Å². The van der Waals surface area contributed by atoms with Gasteiger partial charge in [-0.05, 0) is 79.8 Å². The van der Waals surface area contributed by atoms with E-state index in [-0.39, 0.29) is 66.7 Å². The van der Waals surface area contributed by atoms with Gasteiger partial charge in [0.25, 0.3) is 0 Å². The predicted molar refractivity (Wildman–Crippen MR) is 236 cm³/mol. The second-order valence-electron chi connectivity index (χ2n) is 17.3. The molecule has 368 valence electrons. The van der Waals surface area contributed by atoms with Crippen LogP contribution < -0.4 is 32.3 Å². The molecule has 0 bridgehead atoms. The van der Waals surface area contributed by atoms with E-state index in [0.29, 0.717) is 52.5 Å². The van der Waals surface area contributed by atoms with Crippen LogP contribution in [0.1, 0.15) is 87.0 Å². The number of amides is 5. The largest absolute Gasteiger partial charge is 0.478 e. The van der Waals surface area contributed by atoms with Crippen molar-refractivity contribution in [1.82, 2.24) is 36.4 Å². The van der Waals surface area contributed by atoms with Crippen LogP contribution in [0, 0.1) is 0 Å². The van der Waals surface area contributed by atoms with E-state index in [1.54, 1.807) is 46.8 Å². The molecule has 0 aromatic heterocycles. The molecule has 8 atom stereocenters. The standard InChI is InChI=1S/C24H40N4O8.C19H32N4O6/c1-6-34-22(32)25-9-11-35-17-8-7-10-28(14-17)19-13-16(21(30)31)12-18(20(19)26-15(2)29)27-23(33)36-24(3,4)5;1-3-28-19(27)21-6-8-29-14-5-4-7-23(11-14)16-10-13(18(25)26)9-15(20)17(16)22-12(2)24/h13,17-20H,6-12,14H2,1-5H3,(H,25,32)(H,26,29)(H,27,33)(H,30,31);10,14-17H,3-9,11,20H2,1-2H3,(H,21,27)(H,22,24)(H,25,26)/t17-,18-,19+,20+;14-,15-,16+,17+/m00/s1. The van der Waals surface area contributed by atoms with Gasteiger partial charge in [0.15, 0.2) is 0 Å². The number of nitrogens with one attached hydrogen (secondary N) is 5. The van der Waals surface area contributed by atoms with Crippen LogP contribution in [-0.2, 0) is 42.9 Å². The molecule has 0 aromatic carbocycles. The fourth-order valence-electron chi connectivity index (χ4n) is 8.29. The van der Waals surface area contributed by atoms with Gasteiger partial charge in [-0.3, -0.25) is 19.4 Å². The average molecular weight is 925 g/mol. The highest BCUT2D eigenvalue weighted by molar-refractivity contribution is 5.88. The number of piperidine rings is 2. The van der Waals surface area contributed by atoms with Gasteiger partial charge in [-0.1, -0.05) is 12.2 Å². The lowest BCUT2D eigenvalue weighted by molar-refractivity contribution is -0.134. The summed E-state index contributed by atoms with van der Waals surface area (Å²) >= 11 is 0. The fourth-order valence-corrected chi connectivity index (χ4v) is 8.29. The van der Waals surface area contributed by atoms with Gasteiger partial charge in [-0.25, -0.2) is 24.0 Å². The van der Waals surface area contributed by atoms with E-state index < -0.39 is 60.0 Å². The number of rotatable bonds is 17. The van der Waals surface area contributed by atoms with E-state index in [9.17, 15) is 43.8 Å². The zero-order chi connectivity index (χ0) is 48.3. The quantitative estimate of drug-likeness (QED) is 0.0752. The zero-order valence-electron chi connectivity index (χ0n) is 38.9. The molecule has 0 aromatic rings. The summed E-state index contributed by atoms with van der Waals surface area (Å²) in [7, 11) is 0. The molecule has 22 nitrogen and oxygen atoms in total. The molecule has 0 spiro atoms. The summed E-state index contributed by atoms with van der Waals surface area (Å²) in [6.45, 7) is 15.9. The number of nitrogens with zero attached hydrogens (tertiary/aromatic N) is 2. The topological polar surface area (TPSA) is 299 Å². The van der Waals surface area contributed by atoms with Crippen molar-refractivity contribution in [3.63, 3.8) is 0 Å². The Morgan fingerprint density at radius 2 is 1.14 bits per heavy atom. The highest BCUT2D eigenvalue weighted by Crippen LogP contribution is 2.28. The van der Waals surface area contributed by atoms with Crippen molar-refractivity contribution in [3.8, 4) is 0 Å². The molecule has 0 saturated carbocycles. The first-order valence-electron chi connectivity index (χ1n) is 22.4. The molecule has 4 aliphatic rings. The van der Waals surface area contributed by atoms with Crippen LogP contribution in [0.15, 0.2) is 23.3 Å². The van der Waals surface area contributed by atoms with E-state index in [2.05, 4.69) is 36.4 Å². The molecule has 2 fully saturated rings. The van der Waals surface area contributed by atoms with Crippen molar-refractivity contribution in [2.45, 2.75) is 141 Å². The maximum absolute atomic E-state index is 12.5. The number of carbonyl (C=O) groups excluding carboxylic acids is 5. The first-order chi connectivity index (χ1) is 30.7. The van der Waals surface area contributed by atoms with Gasteiger partial charge in [0.05, 0.1) is 68.8 Å². The van der Waals surface area contributed by atoms with Crippen molar-refractivity contribution in [2.24, 2.45) is 5.73 Å². The summed E-state index contributed by atoms with van der Waals surface area (Å²) in [4.78, 5) is 86.6. The van der Waals surface area contributed by atoms with Gasteiger partial charge in [-0.2, -0.15) is 0 Å². The van der Waals surface area contributed by atoms with E-state index in [1.165, 1.54) is 13.8 Å². The lowest BCUT2D eigenvalue weighted by atomic mass is 9.84. The predicted octanol–water partition coefficient (Wildman–Crippen LogP) is 1.22. The van der Waals surface area contributed by atoms with Gasteiger partial charge in [-0.15, -0.1) is 0 Å². The minimum atomic E-state index is -1.08. The number of aliphatic carboxylic acids is 2. The Labute approximate surface area is 381 Å². The average Bonchev–Trinajstić information content (AvgIpc) is 3.22. The molecular formula is C43H72N8O14. The minimum Gasteiger partial charge on any atom is -0.478 e. The normalized spacial score (nSPS) is 26.0. The number of hydrogen-bond acceptors (Lipinski definition) is 15. The van der Waals surface area contributed by atoms with Gasteiger partial charge in [0.1, 0.15) is 5.60 Å². The van der Waals surface area contributed by atoms with Crippen LogP contribution in [0.4, 0.5) is 14.4 Å². The summed E-state index contributed by atoms with van der Waals surface area (Å²) < 4.78 is 26.8. The van der Waals surface area contributed by atoms with Crippen LogP contribution in [0.3, 0.4) is 0 Å². The van der Waals surface area contributed by atoms with Crippen LogP contribution in [0.25, 0.3) is 0 Å². The highest BCUT2D eigenvalue weighted by atomic mass is 16.6. The molecule has 0 radical (unpaired) electrons. The summed E-state index contributed by atoms with van der Waals surface area (Å²) in [5.74, 6) is -2.55. The summed E-state index contributed by atoms with van der Waals surface area (Å²) in [6.07, 6.45) is 5.14. The highest BCUT2D eigenvalue weighted by Gasteiger charge is 2.42. The first kappa shape index (κ1) is 54.3. The molecule has 2 aliphatic heterocycles. The molecule has 0 unspecified atom stereocenters. The zero-order valence-corrected chi connectivity index (χ0v) is 38.9. The molecule has 5 amide bonds. The second-order valence-corrected chi connectivity index (χ2v) is 17.3. The Morgan fingerprint density at radius 1 is 0.692 bits per heavy atom. The lowest BCUT2D eigenvalue weighted by Gasteiger charge is -2.45. The Kier molecular flexibility index (Phi) is 22.4. The summed E-state index contributed by atoms with van der Waals surface area (Å²) in [5.41, 5.74) is 5.91. The van der Waals surface area contributed by atoms with E-state index in [1.807, 2.05) is 0 Å². The van der Waals surface area contributed by atoms with Crippen molar-refractivity contribution in [2.75, 3.05) is 65.7 Å². The van der Waals surface area contributed by atoms with Gasteiger partial charge < -0.3 is 66.2 Å². The number of ether oxygens (including phenoxy) is 5. The van der Waals surface area contributed by atoms with Crippen molar-refractivity contribution < 1.29 is 67.5 Å². The lowest BCUT2D eigenvalue weighted by Crippen LogP contribution is -2.64. The van der Waals surface area contributed by atoms with Crippen LogP contribution in [0.2, 0.25) is 0 Å². The van der Waals surface area contributed by atoms with Crippen molar-refractivity contribution >= 4 is 42.0 Å². The molecule has 9 N–H and O–H groups in total. The smallest absolute Gasteiger partial charge is 0.407 e. The van der Waals surface area contributed by atoms with E-state index in [0.717, 1.165) is 32.2 Å². The number of nitrogens with two attached hydrogens (primary N) is 1. The van der Waals surface area contributed by atoms with Crippen molar-refractivity contribution in [3.05, 3.63) is 23.3 Å². The number of carbonyl (C=O) groups is 7. The van der Waals surface area contributed by atoms with E-state index in [4.69, 9.17) is 29.4 Å². The third-order valence-electron chi connectivity index (χ3n) is 10.9. The molecule has 4 rings (SSSR count). The first-order valence-corrected chi connectivity index (χ1v) is 22.4. The second kappa shape index (κ2) is 26.8. The van der Waals surface area contributed by atoms with Crippen LogP contribution in [0.5, 0.6) is 0 Å². The maximum Gasteiger partial charge on any atom is 0.407 e. The number of carboxylic acid groups (broad SMARTS) is 2. The van der Waals surface area contributed by atoms with Crippen molar-refractivity contribution in [1.29, 1.82) is 0 Å². The number of carboxylic acids is 2. The molecule has 65 heavy (non-hydrogen) atoms. The molecule has 2 saturated heterocycles. The molecular weight excluding hydrogens is 853 g/mol. The maximum atomic E-state index is 12.5. The number of likely N-dealkylation sites (tertiary alicyclic amines) is 2. The fraction of sp³-hybridized carbons (Fsp3) is 0.744. The minimum absolute atomic E-state index is 0.0450. The Hall–Kier alpha value is -5.03. The molecule has 2 heterocycles. The Balaban J connectivity index is 0.000000353. The summed E-state index contributed by atoms with van der Waals surface area (Å²) in [5, 5.41) is 33.0. The monoisotopic (exact) mass is 925 g/mol. The Morgan fingerprint density at radius 3 is 1.57 bits per heavy atom. The third-order valence-corrected chi connectivity index (χ3v) is 10.9. The summed E-state index contributed by atoms with van der Waals surface area (Å²) in [6, 6.07) is -2.87. The van der Waals surface area contributed by atoms with Gasteiger partial charge >= 0.3 is 30.2 Å². The number of alkyl carbamates (subject to hydrolysis) is 3. The number of hydrogen-bond donors (Lipinski definition) is 8. The third kappa shape index (κ3) is 19.2.